The quantitative estimate of drug-likeness (QED) is 0.792. The van der Waals surface area contributed by atoms with Crippen molar-refractivity contribution in [2.45, 2.75) is 6.42 Å². The number of nitrogens with two attached hydrogens (primary N) is 1. The number of aryl methyl sites for hydroxylation is 1. The first-order valence-electron chi connectivity index (χ1n) is 5.80. The van der Waals surface area contributed by atoms with E-state index in [-0.39, 0.29) is 11.3 Å². The van der Waals surface area contributed by atoms with Crippen LogP contribution in [-0.2, 0) is 13.5 Å². The van der Waals surface area contributed by atoms with Crippen molar-refractivity contribution in [3.05, 3.63) is 42.0 Å². The minimum Gasteiger partial charge on any atom is -0.490 e. The predicted octanol–water partition coefficient (Wildman–Crippen LogP) is 1.32. The van der Waals surface area contributed by atoms with Crippen LogP contribution in [0.25, 0.3) is 0 Å². The number of nitrogen functional groups attached to an aromatic ring is 1. The maximum atomic E-state index is 11.1. The maximum absolute atomic E-state index is 11.1. The number of aromatic carboxylic acids is 1. The molecule has 0 aliphatic carbocycles. The summed E-state index contributed by atoms with van der Waals surface area (Å²) >= 11 is 0. The van der Waals surface area contributed by atoms with Crippen molar-refractivity contribution in [3.8, 4) is 5.75 Å². The fourth-order valence-corrected chi connectivity index (χ4v) is 1.77. The number of carbonyl (C=O) groups is 1. The Morgan fingerprint density at radius 2 is 2.32 bits per heavy atom. The van der Waals surface area contributed by atoms with Gasteiger partial charge in [0.15, 0.2) is 5.75 Å². The summed E-state index contributed by atoms with van der Waals surface area (Å²) in [7, 11) is 1.89. The van der Waals surface area contributed by atoms with Gasteiger partial charge in [-0.3, -0.25) is 0 Å². The fraction of sp³-hybridized carbons (Fsp3) is 0.231. The largest absolute Gasteiger partial charge is 0.490 e. The van der Waals surface area contributed by atoms with E-state index < -0.39 is 5.97 Å². The number of ether oxygens (including phenoxy) is 1. The molecule has 0 radical (unpaired) electrons. The van der Waals surface area contributed by atoms with Gasteiger partial charge in [-0.05, 0) is 12.1 Å². The summed E-state index contributed by atoms with van der Waals surface area (Å²) < 4.78 is 7.38. The number of nitrogens with zero attached hydrogens (tertiary/aromatic N) is 2. The highest BCUT2D eigenvalue weighted by Crippen LogP contribution is 2.26. The number of hydrogen-bond acceptors (Lipinski definition) is 4. The molecule has 1 aromatic carbocycles. The standard InChI is InChI=1S/C13H15N3O3/c1-16-7-6-15-11(16)5-8-19-12-9(13(17)18)3-2-4-10(12)14/h2-4,6-7H,5,8,14H2,1H3,(H,17,18). The average molecular weight is 261 g/mol. The lowest BCUT2D eigenvalue weighted by atomic mass is 10.2. The van der Waals surface area contributed by atoms with Gasteiger partial charge in [-0.25, -0.2) is 9.78 Å². The van der Waals surface area contributed by atoms with Gasteiger partial charge in [0.25, 0.3) is 0 Å². The monoisotopic (exact) mass is 261 g/mol. The van der Waals surface area contributed by atoms with Gasteiger partial charge in [0.2, 0.25) is 0 Å². The Morgan fingerprint density at radius 1 is 1.53 bits per heavy atom. The number of rotatable bonds is 5. The van der Waals surface area contributed by atoms with Crippen molar-refractivity contribution < 1.29 is 14.6 Å². The molecule has 19 heavy (non-hydrogen) atoms. The highest BCUT2D eigenvalue weighted by Gasteiger charge is 2.14. The van der Waals surface area contributed by atoms with Gasteiger partial charge in [-0.2, -0.15) is 0 Å². The molecule has 1 heterocycles. The summed E-state index contributed by atoms with van der Waals surface area (Å²) in [5.74, 6) is 0.0230. The lowest BCUT2D eigenvalue weighted by Gasteiger charge is -2.11. The second-order valence-corrected chi connectivity index (χ2v) is 4.08. The van der Waals surface area contributed by atoms with Crippen molar-refractivity contribution in [3.63, 3.8) is 0 Å². The zero-order valence-corrected chi connectivity index (χ0v) is 10.5. The van der Waals surface area contributed by atoms with Gasteiger partial charge in [0.1, 0.15) is 11.4 Å². The summed E-state index contributed by atoms with van der Waals surface area (Å²) in [6.45, 7) is 0.319. The number of carboxylic acid groups (broad SMARTS) is 1. The van der Waals surface area contributed by atoms with E-state index in [9.17, 15) is 4.79 Å². The van der Waals surface area contributed by atoms with Crippen LogP contribution in [0.5, 0.6) is 5.75 Å². The minimum atomic E-state index is -1.06. The molecule has 0 aliphatic heterocycles. The van der Waals surface area contributed by atoms with Crippen molar-refractivity contribution in [1.82, 2.24) is 9.55 Å². The number of anilines is 1. The van der Waals surface area contributed by atoms with E-state index in [2.05, 4.69) is 4.98 Å². The number of carboxylic acids is 1. The van der Waals surface area contributed by atoms with Crippen LogP contribution in [0.1, 0.15) is 16.2 Å². The molecule has 3 N–H and O–H groups in total. The average Bonchev–Trinajstić information content (AvgIpc) is 2.77. The molecular formula is C13H15N3O3. The number of imidazole rings is 1. The van der Waals surface area contributed by atoms with Gasteiger partial charge < -0.3 is 20.1 Å². The van der Waals surface area contributed by atoms with Crippen LogP contribution in [0.3, 0.4) is 0 Å². The van der Waals surface area contributed by atoms with Gasteiger partial charge in [-0.1, -0.05) is 6.07 Å². The van der Waals surface area contributed by atoms with Crippen LogP contribution >= 0.6 is 0 Å². The van der Waals surface area contributed by atoms with Gasteiger partial charge in [0.05, 0.1) is 12.3 Å². The summed E-state index contributed by atoms with van der Waals surface area (Å²) in [5.41, 5.74) is 6.13. The predicted molar refractivity (Wildman–Crippen MR) is 70.2 cm³/mol. The maximum Gasteiger partial charge on any atom is 0.339 e. The molecule has 2 rings (SSSR count). The second-order valence-electron chi connectivity index (χ2n) is 4.08. The molecule has 0 amide bonds. The van der Waals surface area contributed by atoms with E-state index in [0.29, 0.717) is 18.7 Å². The van der Waals surface area contributed by atoms with Gasteiger partial charge >= 0.3 is 5.97 Å². The second kappa shape index (κ2) is 5.43. The molecule has 6 nitrogen and oxygen atoms in total. The number of hydrogen-bond donors (Lipinski definition) is 2. The third kappa shape index (κ3) is 2.85. The number of aromatic nitrogens is 2. The van der Waals surface area contributed by atoms with Crippen LogP contribution in [0.2, 0.25) is 0 Å². The summed E-state index contributed by atoms with van der Waals surface area (Å²) in [6, 6.07) is 4.67. The zero-order valence-electron chi connectivity index (χ0n) is 10.5. The van der Waals surface area contributed by atoms with E-state index in [1.165, 1.54) is 6.07 Å². The van der Waals surface area contributed by atoms with Crippen molar-refractivity contribution in [1.29, 1.82) is 0 Å². The van der Waals surface area contributed by atoms with Crippen LogP contribution in [-0.4, -0.2) is 27.2 Å². The molecule has 0 saturated heterocycles. The van der Waals surface area contributed by atoms with E-state index in [1.54, 1.807) is 18.3 Å². The fourth-order valence-electron chi connectivity index (χ4n) is 1.77. The molecule has 100 valence electrons. The molecule has 0 bridgehead atoms. The van der Waals surface area contributed by atoms with Crippen LogP contribution in [0, 0.1) is 0 Å². The van der Waals surface area contributed by atoms with Gasteiger partial charge in [-0.15, -0.1) is 0 Å². The summed E-state index contributed by atoms with van der Waals surface area (Å²) in [4.78, 5) is 15.2. The molecular weight excluding hydrogens is 246 g/mol. The van der Waals surface area contributed by atoms with Crippen LogP contribution in [0.4, 0.5) is 5.69 Å². The number of benzene rings is 1. The minimum absolute atomic E-state index is 0.0693. The van der Waals surface area contributed by atoms with Crippen molar-refractivity contribution >= 4 is 11.7 Å². The molecule has 6 heteroatoms. The Balaban J connectivity index is 2.07. The van der Waals surface area contributed by atoms with Gasteiger partial charge in [0, 0.05) is 25.9 Å². The molecule has 0 saturated carbocycles. The molecule has 2 aromatic rings. The molecule has 0 spiro atoms. The summed E-state index contributed by atoms with van der Waals surface area (Å²) in [6.07, 6.45) is 4.13. The third-order valence-electron chi connectivity index (χ3n) is 2.77. The molecule has 0 unspecified atom stereocenters. The first-order chi connectivity index (χ1) is 9.09. The van der Waals surface area contributed by atoms with Crippen molar-refractivity contribution in [2.75, 3.05) is 12.3 Å². The summed E-state index contributed by atoms with van der Waals surface area (Å²) in [5, 5.41) is 9.07. The normalized spacial score (nSPS) is 10.4. The first-order valence-corrected chi connectivity index (χ1v) is 5.80. The lowest BCUT2D eigenvalue weighted by Crippen LogP contribution is -2.10. The smallest absolute Gasteiger partial charge is 0.339 e. The molecule has 0 fully saturated rings. The Hall–Kier alpha value is -2.50. The zero-order chi connectivity index (χ0) is 13.8. The molecule has 0 atom stereocenters. The van der Waals surface area contributed by atoms with E-state index in [0.717, 1.165) is 5.82 Å². The first kappa shape index (κ1) is 12.9. The van der Waals surface area contributed by atoms with E-state index >= 15 is 0 Å². The van der Waals surface area contributed by atoms with Crippen LogP contribution in [0.15, 0.2) is 30.6 Å². The molecule has 0 aliphatic rings. The highest BCUT2D eigenvalue weighted by molar-refractivity contribution is 5.93. The highest BCUT2D eigenvalue weighted by atomic mass is 16.5. The SMILES string of the molecule is Cn1ccnc1CCOc1c(N)cccc1C(=O)O. The van der Waals surface area contributed by atoms with E-state index in [1.807, 2.05) is 17.8 Å². The third-order valence-corrected chi connectivity index (χ3v) is 2.77. The van der Waals surface area contributed by atoms with E-state index in [4.69, 9.17) is 15.6 Å². The Bertz CT molecular complexity index is 593. The molecule has 1 aromatic heterocycles. The number of para-hydroxylation sites is 1. The van der Waals surface area contributed by atoms with Crippen molar-refractivity contribution in [2.24, 2.45) is 7.05 Å². The Labute approximate surface area is 110 Å². The van der Waals surface area contributed by atoms with Crippen LogP contribution < -0.4 is 10.5 Å². The lowest BCUT2D eigenvalue weighted by molar-refractivity contribution is 0.0692. The Morgan fingerprint density at radius 3 is 2.95 bits per heavy atom. The topological polar surface area (TPSA) is 90.4 Å². The Kier molecular flexibility index (Phi) is 3.70.